The highest BCUT2D eigenvalue weighted by atomic mass is 79.9. The molecule has 19 heavy (non-hydrogen) atoms. The maximum atomic E-state index is 13.9. The Morgan fingerprint density at radius 1 is 1.37 bits per heavy atom. The van der Waals surface area contributed by atoms with Crippen LogP contribution in [0.1, 0.15) is 32.5 Å². The van der Waals surface area contributed by atoms with E-state index in [-0.39, 0.29) is 11.1 Å². The van der Waals surface area contributed by atoms with Gasteiger partial charge in [0.25, 0.3) is 5.56 Å². The van der Waals surface area contributed by atoms with Crippen LogP contribution in [0.2, 0.25) is 0 Å². The zero-order valence-electron chi connectivity index (χ0n) is 11.0. The predicted octanol–water partition coefficient (Wildman–Crippen LogP) is 3.66. The lowest BCUT2D eigenvalue weighted by Gasteiger charge is -2.12. The standard InChI is InChI=1S/C14H16BrFN2O/c1-3-5-6-12-17-13-10(14(19)18(12)4-2)7-9(15)8-11(13)16/h7-8H,3-6H2,1-2H3. The smallest absolute Gasteiger partial charge is 0.261 e. The van der Waals surface area contributed by atoms with E-state index in [1.807, 2.05) is 6.92 Å². The van der Waals surface area contributed by atoms with E-state index in [1.165, 1.54) is 6.07 Å². The Balaban J connectivity index is 2.74. The summed E-state index contributed by atoms with van der Waals surface area (Å²) in [6.07, 6.45) is 2.65. The van der Waals surface area contributed by atoms with E-state index in [4.69, 9.17) is 0 Å². The van der Waals surface area contributed by atoms with Crippen molar-refractivity contribution in [3.8, 4) is 0 Å². The number of hydrogen-bond donors (Lipinski definition) is 0. The average Bonchev–Trinajstić information content (AvgIpc) is 2.37. The summed E-state index contributed by atoms with van der Waals surface area (Å²) >= 11 is 3.21. The molecule has 0 aliphatic rings. The van der Waals surface area contributed by atoms with Crippen LogP contribution in [0.25, 0.3) is 10.9 Å². The lowest BCUT2D eigenvalue weighted by Crippen LogP contribution is -2.25. The lowest BCUT2D eigenvalue weighted by atomic mass is 10.2. The number of hydrogen-bond acceptors (Lipinski definition) is 2. The molecule has 0 radical (unpaired) electrons. The third-order valence-corrected chi connectivity index (χ3v) is 3.58. The second-order valence-corrected chi connectivity index (χ2v) is 5.38. The van der Waals surface area contributed by atoms with Crippen molar-refractivity contribution in [2.75, 3.05) is 0 Å². The minimum Gasteiger partial charge on any atom is -0.296 e. The first-order chi connectivity index (χ1) is 9.08. The van der Waals surface area contributed by atoms with Gasteiger partial charge in [0.05, 0.1) is 5.39 Å². The van der Waals surface area contributed by atoms with Gasteiger partial charge in [0.15, 0.2) is 5.82 Å². The molecule has 0 saturated carbocycles. The van der Waals surface area contributed by atoms with Gasteiger partial charge in [0.1, 0.15) is 11.3 Å². The average molecular weight is 327 g/mol. The third-order valence-electron chi connectivity index (χ3n) is 3.13. The zero-order valence-corrected chi connectivity index (χ0v) is 12.6. The SMILES string of the molecule is CCCCc1nc2c(F)cc(Br)cc2c(=O)n1CC. The molecule has 3 nitrogen and oxygen atoms in total. The number of aryl methyl sites for hydroxylation is 1. The Morgan fingerprint density at radius 2 is 2.11 bits per heavy atom. The van der Waals surface area contributed by atoms with Crippen molar-refractivity contribution in [3.05, 3.63) is 38.6 Å². The number of rotatable bonds is 4. The van der Waals surface area contributed by atoms with E-state index in [2.05, 4.69) is 27.8 Å². The van der Waals surface area contributed by atoms with Crippen molar-refractivity contribution in [1.82, 2.24) is 9.55 Å². The predicted molar refractivity (Wildman–Crippen MR) is 77.9 cm³/mol. The van der Waals surface area contributed by atoms with Crippen LogP contribution >= 0.6 is 15.9 Å². The van der Waals surface area contributed by atoms with Crippen LogP contribution in [0.15, 0.2) is 21.4 Å². The van der Waals surface area contributed by atoms with Gasteiger partial charge in [-0.15, -0.1) is 0 Å². The lowest BCUT2D eigenvalue weighted by molar-refractivity contribution is 0.612. The molecule has 1 aromatic carbocycles. The van der Waals surface area contributed by atoms with Gasteiger partial charge in [-0.05, 0) is 25.5 Å². The summed E-state index contributed by atoms with van der Waals surface area (Å²) in [5.74, 6) is 0.213. The quantitative estimate of drug-likeness (QED) is 0.859. The summed E-state index contributed by atoms with van der Waals surface area (Å²) in [6.45, 7) is 4.53. The third kappa shape index (κ3) is 2.71. The monoisotopic (exact) mass is 326 g/mol. The molecular formula is C14H16BrFN2O. The van der Waals surface area contributed by atoms with E-state index in [0.29, 0.717) is 28.6 Å². The Bertz CT molecular complexity index is 667. The summed E-state index contributed by atoms with van der Waals surface area (Å²) in [4.78, 5) is 16.7. The van der Waals surface area contributed by atoms with Crippen LogP contribution in [0, 0.1) is 5.82 Å². The van der Waals surface area contributed by atoms with Crippen molar-refractivity contribution in [2.45, 2.75) is 39.7 Å². The number of nitrogens with zero attached hydrogens (tertiary/aromatic N) is 2. The number of fused-ring (bicyclic) bond motifs is 1. The van der Waals surface area contributed by atoms with E-state index < -0.39 is 5.82 Å². The van der Waals surface area contributed by atoms with E-state index in [0.717, 1.165) is 12.8 Å². The Hall–Kier alpha value is -1.23. The van der Waals surface area contributed by atoms with Crippen LogP contribution in [-0.4, -0.2) is 9.55 Å². The van der Waals surface area contributed by atoms with Gasteiger partial charge >= 0.3 is 0 Å². The van der Waals surface area contributed by atoms with Gasteiger partial charge in [-0.25, -0.2) is 9.37 Å². The van der Waals surface area contributed by atoms with Crippen LogP contribution < -0.4 is 5.56 Å². The molecule has 5 heteroatoms. The maximum absolute atomic E-state index is 13.9. The van der Waals surface area contributed by atoms with Crippen molar-refractivity contribution in [1.29, 1.82) is 0 Å². The highest BCUT2D eigenvalue weighted by Crippen LogP contribution is 2.20. The minimum atomic E-state index is -0.456. The highest BCUT2D eigenvalue weighted by molar-refractivity contribution is 9.10. The normalized spacial score (nSPS) is 11.2. The molecular weight excluding hydrogens is 311 g/mol. The van der Waals surface area contributed by atoms with E-state index >= 15 is 0 Å². The van der Waals surface area contributed by atoms with Crippen LogP contribution in [-0.2, 0) is 13.0 Å². The highest BCUT2D eigenvalue weighted by Gasteiger charge is 2.13. The Morgan fingerprint density at radius 3 is 2.74 bits per heavy atom. The van der Waals surface area contributed by atoms with Gasteiger partial charge in [-0.2, -0.15) is 0 Å². The fraction of sp³-hybridized carbons (Fsp3) is 0.429. The molecule has 0 atom stereocenters. The molecule has 102 valence electrons. The molecule has 1 heterocycles. The van der Waals surface area contributed by atoms with Crippen molar-refractivity contribution < 1.29 is 4.39 Å². The molecule has 2 rings (SSSR count). The fourth-order valence-electron chi connectivity index (χ4n) is 2.15. The topological polar surface area (TPSA) is 34.9 Å². The molecule has 0 bridgehead atoms. The first-order valence-corrected chi connectivity index (χ1v) is 7.26. The second-order valence-electron chi connectivity index (χ2n) is 4.46. The summed E-state index contributed by atoms with van der Waals surface area (Å²) in [6, 6.07) is 2.97. The molecule has 0 saturated heterocycles. The number of unbranched alkanes of at least 4 members (excludes halogenated alkanes) is 1. The minimum absolute atomic E-state index is 0.168. The van der Waals surface area contributed by atoms with Crippen LogP contribution in [0.3, 0.4) is 0 Å². The molecule has 2 aromatic rings. The summed E-state index contributed by atoms with van der Waals surface area (Å²) < 4.78 is 16.1. The molecule has 0 N–H and O–H groups in total. The first kappa shape index (κ1) is 14.2. The van der Waals surface area contributed by atoms with Gasteiger partial charge in [0, 0.05) is 17.4 Å². The first-order valence-electron chi connectivity index (χ1n) is 6.47. The van der Waals surface area contributed by atoms with Crippen LogP contribution in [0.5, 0.6) is 0 Å². The van der Waals surface area contributed by atoms with Gasteiger partial charge in [-0.1, -0.05) is 29.3 Å². The fourth-order valence-corrected chi connectivity index (χ4v) is 2.58. The number of halogens is 2. The summed E-state index contributed by atoms with van der Waals surface area (Å²) in [5, 5.41) is 0.328. The molecule has 0 aliphatic carbocycles. The molecule has 0 spiro atoms. The van der Waals surface area contributed by atoms with E-state index in [9.17, 15) is 9.18 Å². The second kappa shape index (κ2) is 5.82. The Labute approximate surface area is 119 Å². The summed E-state index contributed by atoms with van der Waals surface area (Å²) in [5.41, 5.74) is 0.00260. The molecule has 0 unspecified atom stereocenters. The van der Waals surface area contributed by atoms with Crippen LogP contribution in [0.4, 0.5) is 4.39 Å². The van der Waals surface area contributed by atoms with Gasteiger partial charge in [-0.3, -0.25) is 9.36 Å². The van der Waals surface area contributed by atoms with Crippen molar-refractivity contribution in [2.24, 2.45) is 0 Å². The number of aromatic nitrogens is 2. The maximum Gasteiger partial charge on any atom is 0.261 e. The van der Waals surface area contributed by atoms with Gasteiger partial charge < -0.3 is 0 Å². The molecule has 0 amide bonds. The van der Waals surface area contributed by atoms with E-state index in [1.54, 1.807) is 10.6 Å². The number of benzene rings is 1. The molecule has 0 fully saturated rings. The largest absolute Gasteiger partial charge is 0.296 e. The summed E-state index contributed by atoms with van der Waals surface area (Å²) in [7, 11) is 0. The Kier molecular flexibility index (Phi) is 4.34. The zero-order chi connectivity index (χ0) is 14.0. The molecule has 1 aromatic heterocycles. The van der Waals surface area contributed by atoms with Crippen molar-refractivity contribution in [3.63, 3.8) is 0 Å². The van der Waals surface area contributed by atoms with Crippen molar-refractivity contribution >= 4 is 26.8 Å². The molecule has 0 aliphatic heterocycles. The van der Waals surface area contributed by atoms with Gasteiger partial charge in [0.2, 0.25) is 0 Å².